The van der Waals surface area contributed by atoms with Crippen LogP contribution in [0.2, 0.25) is 0 Å². The number of aryl methyl sites for hydroxylation is 1. The van der Waals surface area contributed by atoms with Gasteiger partial charge in [-0.3, -0.25) is 14.4 Å². The number of anilines is 1. The number of carboxylic acid groups (broad SMARTS) is 1. The van der Waals surface area contributed by atoms with Gasteiger partial charge in [0.25, 0.3) is 0 Å². The molecule has 9 nitrogen and oxygen atoms in total. The third-order valence-electron chi connectivity index (χ3n) is 9.26. The molecule has 39 heavy (non-hydrogen) atoms. The van der Waals surface area contributed by atoms with Crippen LogP contribution in [0.1, 0.15) is 69.3 Å². The van der Waals surface area contributed by atoms with Gasteiger partial charge < -0.3 is 14.4 Å². The second kappa shape index (κ2) is 8.83. The zero-order chi connectivity index (χ0) is 26.9. The number of aromatic nitrogens is 4. The minimum absolute atomic E-state index is 0.0421. The summed E-state index contributed by atoms with van der Waals surface area (Å²) in [6, 6.07) is 12.6. The highest BCUT2D eigenvalue weighted by molar-refractivity contribution is 5.95. The standard InChI is InChI=1S/C30H33N5O4/c1-18-7-12-22-24(33(18)29(38)39-2)13-14-25-26(22)32-28(34(25)21-10-8-19(9-11-21)27(36)37)30(15-16-30)35-23-6-4-3-5-20(23)17-31-35/h3-6,13-14,17-19,21H,7-12,15-16H2,1-2H3,(H,36,37)/t18-,19?,21?/m0/s1. The maximum atomic E-state index is 12.7. The normalized spacial score (nSPS) is 24.1. The molecule has 2 aliphatic carbocycles. The molecule has 0 saturated heterocycles. The smallest absolute Gasteiger partial charge is 0.414 e. The molecule has 0 unspecified atom stereocenters. The summed E-state index contributed by atoms with van der Waals surface area (Å²) in [5.41, 5.74) is 4.69. The zero-order valence-corrected chi connectivity index (χ0v) is 22.3. The maximum Gasteiger partial charge on any atom is 0.414 e. The molecular formula is C30H33N5O4. The number of methoxy groups -OCH3 is 1. The first-order valence-electron chi connectivity index (χ1n) is 14.0. The van der Waals surface area contributed by atoms with E-state index in [2.05, 4.69) is 34.4 Å². The van der Waals surface area contributed by atoms with Crippen molar-refractivity contribution < 1.29 is 19.4 Å². The van der Waals surface area contributed by atoms with Crippen LogP contribution < -0.4 is 4.90 Å². The lowest BCUT2D eigenvalue weighted by molar-refractivity contribution is -0.143. The van der Waals surface area contributed by atoms with Gasteiger partial charge in [-0.25, -0.2) is 9.78 Å². The van der Waals surface area contributed by atoms with Gasteiger partial charge in [0, 0.05) is 23.0 Å². The molecule has 2 saturated carbocycles. The van der Waals surface area contributed by atoms with Crippen molar-refractivity contribution in [1.82, 2.24) is 19.3 Å². The van der Waals surface area contributed by atoms with Gasteiger partial charge in [0.2, 0.25) is 0 Å². The molecule has 2 aromatic carbocycles. The van der Waals surface area contributed by atoms with Crippen molar-refractivity contribution in [3.63, 3.8) is 0 Å². The lowest BCUT2D eigenvalue weighted by Crippen LogP contribution is -2.42. The van der Waals surface area contributed by atoms with Crippen LogP contribution in [0.25, 0.3) is 21.9 Å². The second-order valence-corrected chi connectivity index (χ2v) is 11.5. The predicted octanol–water partition coefficient (Wildman–Crippen LogP) is 5.65. The fourth-order valence-corrected chi connectivity index (χ4v) is 7.02. The molecule has 3 heterocycles. The van der Waals surface area contributed by atoms with Gasteiger partial charge in [0.1, 0.15) is 11.4 Å². The molecular weight excluding hydrogens is 494 g/mol. The first kappa shape index (κ1) is 24.2. The highest BCUT2D eigenvalue weighted by Gasteiger charge is 2.53. The van der Waals surface area contributed by atoms with E-state index >= 15 is 0 Å². The molecule has 1 N–H and O–H groups in total. The quantitative estimate of drug-likeness (QED) is 0.368. The van der Waals surface area contributed by atoms with Crippen LogP contribution in [-0.4, -0.2) is 49.7 Å². The second-order valence-electron chi connectivity index (χ2n) is 11.5. The Labute approximate surface area is 226 Å². The number of carboxylic acids is 1. The van der Waals surface area contributed by atoms with E-state index in [1.165, 1.54) is 7.11 Å². The van der Waals surface area contributed by atoms with Crippen LogP contribution in [0.5, 0.6) is 0 Å². The summed E-state index contributed by atoms with van der Waals surface area (Å²) in [7, 11) is 1.42. The molecule has 0 spiro atoms. The summed E-state index contributed by atoms with van der Waals surface area (Å²) in [5, 5.41) is 15.6. The van der Waals surface area contributed by atoms with Gasteiger partial charge >= 0.3 is 12.1 Å². The predicted molar refractivity (Wildman–Crippen MR) is 147 cm³/mol. The largest absolute Gasteiger partial charge is 0.481 e. The highest BCUT2D eigenvalue weighted by Crippen LogP contribution is 2.53. The van der Waals surface area contributed by atoms with Crippen LogP contribution in [-0.2, 0) is 21.5 Å². The molecule has 1 aliphatic heterocycles. The molecule has 0 radical (unpaired) electrons. The Bertz CT molecular complexity index is 1610. The van der Waals surface area contributed by atoms with Crippen LogP contribution in [0, 0.1) is 5.92 Å². The van der Waals surface area contributed by atoms with E-state index < -0.39 is 5.97 Å². The number of fused-ring (bicyclic) bond motifs is 4. The van der Waals surface area contributed by atoms with E-state index in [1.807, 2.05) is 24.4 Å². The average molecular weight is 528 g/mol. The summed E-state index contributed by atoms with van der Waals surface area (Å²) in [4.78, 5) is 31.6. The van der Waals surface area contributed by atoms with E-state index in [4.69, 9.17) is 14.8 Å². The molecule has 1 atom stereocenters. The van der Waals surface area contributed by atoms with Gasteiger partial charge in [-0.2, -0.15) is 5.10 Å². The number of carbonyl (C=O) groups is 2. The van der Waals surface area contributed by atoms with Crippen molar-refractivity contribution in [3.05, 3.63) is 54.0 Å². The molecule has 0 bridgehead atoms. The fraction of sp³-hybridized carbons (Fsp3) is 0.467. The summed E-state index contributed by atoms with van der Waals surface area (Å²) in [6.07, 6.45) is 8.06. The Kier molecular flexibility index (Phi) is 5.47. The third-order valence-corrected chi connectivity index (χ3v) is 9.26. The minimum atomic E-state index is -0.697. The Morgan fingerprint density at radius 1 is 1.03 bits per heavy atom. The Balaban J connectivity index is 1.42. The lowest BCUT2D eigenvalue weighted by Gasteiger charge is -2.34. The first-order valence-corrected chi connectivity index (χ1v) is 14.0. The van der Waals surface area contributed by atoms with E-state index in [9.17, 15) is 14.7 Å². The summed E-state index contributed by atoms with van der Waals surface area (Å²) in [6.45, 7) is 2.05. The maximum absolute atomic E-state index is 12.7. The number of benzene rings is 2. The number of ether oxygens (including phenoxy) is 1. The number of nitrogens with zero attached hydrogens (tertiary/aromatic N) is 5. The Morgan fingerprint density at radius 3 is 2.51 bits per heavy atom. The molecule has 4 aromatic rings. The fourth-order valence-electron chi connectivity index (χ4n) is 7.02. The molecule has 7 rings (SSSR count). The molecule has 3 aliphatic rings. The van der Waals surface area contributed by atoms with Crippen molar-refractivity contribution in [1.29, 1.82) is 0 Å². The average Bonchev–Trinajstić information content (AvgIpc) is 3.47. The van der Waals surface area contributed by atoms with Crippen LogP contribution in [0.3, 0.4) is 0 Å². The number of carbonyl (C=O) groups excluding carboxylic acids is 1. The van der Waals surface area contributed by atoms with Crippen molar-refractivity contribution in [2.75, 3.05) is 12.0 Å². The van der Waals surface area contributed by atoms with Crippen molar-refractivity contribution in [3.8, 4) is 0 Å². The summed E-state index contributed by atoms with van der Waals surface area (Å²) in [5.74, 6) is 0.0194. The summed E-state index contributed by atoms with van der Waals surface area (Å²) >= 11 is 0. The number of imidazole rings is 1. The number of rotatable bonds is 4. The number of aliphatic carboxylic acids is 1. The number of amides is 1. The van der Waals surface area contributed by atoms with Gasteiger partial charge in [0.05, 0.1) is 41.5 Å². The number of hydrogen-bond donors (Lipinski definition) is 1. The monoisotopic (exact) mass is 527 g/mol. The number of hydrogen-bond acceptors (Lipinski definition) is 5. The van der Waals surface area contributed by atoms with Crippen LogP contribution in [0.15, 0.2) is 42.6 Å². The molecule has 2 fully saturated rings. The number of para-hydroxylation sites is 1. The summed E-state index contributed by atoms with van der Waals surface area (Å²) < 4.78 is 9.69. The molecule has 1 amide bonds. The van der Waals surface area contributed by atoms with Crippen LogP contribution >= 0.6 is 0 Å². The zero-order valence-electron chi connectivity index (χ0n) is 22.3. The van der Waals surface area contributed by atoms with Gasteiger partial charge in [-0.1, -0.05) is 18.2 Å². The minimum Gasteiger partial charge on any atom is -0.481 e. The van der Waals surface area contributed by atoms with E-state index in [0.29, 0.717) is 12.8 Å². The SMILES string of the molecule is COC(=O)N1c2ccc3c(nc(C4(n5ncc6ccccc65)CC4)n3C3CCC(C(=O)O)CC3)c2CC[C@@H]1C. The molecule has 9 heteroatoms. The third kappa shape index (κ3) is 3.58. The topological polar surface area (TPSA) is 102 Å². The van der Waals surface area contributed by atoms with E-state index in [0.717, 1.165) is 77.5 Å². The van der Waals surface area contributed by atoms with Gasteiger partial charge in [-0.15, -0.1) is 0 Å². The lowest BCUT2D eigenvalue weighted by atomic mass is 9.85. The van der Waals surface area contributed by atoms with E-state index in [-0.39, 0.29) is 29.6 Å². The molecule has 2 aromatic heterocycles. The van der Waals surface area contributed by atoms with Gasteiger partial charge in [0.15, 0.2) is 0 Å². The van der Waals surface area contributed by atoms with Crippen molar-refractivity contribution in [2.24, 2.45) is 5.92 Å². The first-order chi connectivity index (χ1) is 18.9. The van der Waals surface area contributed by atoms with Crippen molar-refractivity contribution >= 4 is 39.7 Å². The Morgan fingerprint density at radius 2 is 1.79 bits per heavy atom. The Hall–Kier alpha value is -3.88. The van der Waals surface area contributed by atoms with Crippen LogP contribution in [0.4, 0.5) is 10.5 Å². The van der Waals surface area contributed by atoms with Gasteiger partial charge in [-0.05, 0) is 76.5 Å². The van der Waals surface area contributed by atoms with E-state index in [1.54, 1.807) is 4.90 Å². The van der Waals surface area contributed by atoms with Crippen molar-refractivity contribution in [2.45, 2.75) is 75.9 Å². The highest BCUT2D eigenvalue weighted by atomic mass is 16.5. The molecule has 202 valence electrons.